The van der Waals surface area contributed by atoms with E-state index in [0.717, 1.165) is 17.9 Å². The second-order valence-electron chi connectivity index (χ2n) is 4.44. The Morgan fingerprint density at radius 3 is 2.47 bits per heavy atom. The zero-order chi connectivity index (χ0) is 10.8. The van der Waals surface area contributed by atoms with E-state index in [0.29, 0.717) is 5.92 Å². The molecule has 1 fully saturated rings. The summed E-state index contributed by atoms with van der Waals surface area (Å²) < 4.78 is 0. The van der Waals surface area contributed by atoms with Gasteiger partial charge in [0.25, 0.3) is 0 Å². The van der Waals surface area contributed by atoms with Crippen molar-refractivity contribution in [1.82, 2.24) is 0 Å². The van der Waals surface area contributed by atoms with Gasteiger partial charge in [-0.1, -0.05) is 18.2 Å². The van der Waals surface area contributed by atoms with Crippen LogP contribution in [-0.4, -0.2) is 22.7 Å². The fourth-order valence-corrected chi connectivity index (χ4v) is 3.51. The molecule has 0 aromatic heterocycles. The van der Waals surface area contributed by atoms with E-state index in [-0.39, 0.29) is 6.10 Å². The van der Waals surface area contributed by atoms with Crippen molar-refractivity contribution >= 4 is 11.8 Å². The van der Waals surface area contributed by atoms with Crippen LogP contribution in [-0.2, 0) is 6.42 Å². The highest BCUT2D eigenvalue weighted by atomic mass is 32.2. The van der Waals surface area contributed by atoms with Crippen molar-refractivity contribution in [3.05, 3.63) is 34.9 Å². The average molecular weight is 222 g/mol. The molecule has 2 heteroatoms. The molecule has 1 heterocycles. The minimum absolute atomic E-state index is 0.103. The predicted molar refractivity (Wildman–Crippen MR) is 66.4 cm³/mol. The van der Waals surface area contributed by atoms with Gasteiger partial charge in [0.1, 0.15) is 0 Å². The van der Waals surface area contributed by atoms with Gasteiger partial charge in [0.05, 0.1) is 6.10 Å². The van der Waals surface area contributed by atoms with Crippen LogP contribution in [0.2, 0.25) is 0 Å². The van der Waals surface area contributed by atoms with Crippen molar-refractivity contribution in [1.29, 1.82) is 0 Å². The Morgan fingerprint density at radius 1 is 1.27 bits per heavy atom. The molecule has 1 nitrogen and oxygen atoms in total. The molecule has 1 N–H and O–H groups in total. The van der Waals surface area contributed by atoms with Crippen LogP contribution in [0.5, 0.6) is 0 Å². The molecule has 82 valence electrons. The lowest BCUT2D eigenvalue weighted by molar-refractivity contribution is 0.149. The monoisotopic (exact) mass is 222 g/mol. The van der Waals surface area contributed by atoms with E-state index in [4.69, 9.17) is 0 Å². The highest BCUT2D eigenvalue weighted by Crippen LogP contribution is 2.29. The van der Waals surface area contributed by atoms with Crippen molar-refractivity contribution < 1.29 is 5.11 Å². The second-order valence-corrected chi connectivity index (χ2v) is 5.51. The Morgan fingerprint density at radius 2 is 1.93 bits per heavy atom. The third-order valence-electron chi connectivity index (χ3n) is 3.28. The SMILES string of the molecule is Cc1cccc(C)c1CC1CSCC1O. The molecule has 0 spiro atoms. The van der Waals surface area contributed by atoms with Gasteiger partial charge in [-0.15, -0.1) is 0 Å². The summed E-state index contributed by atoms with van der Waals surface area (Å²) in [5.41, 5.74) is 4.15. The lowest BCUT2D eigenvalue weighted by atomic mass is 9.91. The van der Waals surface area contributed by atoms with Crippen LogP contribution in [0.1, 0.15) is 16.7 Å². The predicted octanol–water partition coefficient (Wildman–Crippen LogP) is 2.57. The molecular weight excluding hydrogens is 204 g/mol. The zero-order valence-corrected chi connectivity index (χ0v) is 10.2. The standard InChI is InChI=1S/C13H18OS/c1-9-4-3-5-10(2)12(9)6-11-7-15-8-13(11)14/h3-5,11,13-14H,6-8H2,1-2H3. The van der Waals surface area contributed by atoms with E-state index in [2.05, 4.69) is 32.0 Å². The van der Waals surface area contributed by atoms with Crippen LogP contribution >= 0.6 is 11.8 Å². The normalized spacial score (nSPS) is 25.8. The van der Waals surface area contributed by atoms with Crippen LogP contribution in [0, 0.1) is 19.8 Å². The molecule has 2 atom stereocenters. The van der Waals surface area contributed by atoms with Crippen molar-refractivity contribution in [2.75, 3.05) is 11.5 Å². The lowest BCUT2D eigenvalue weighted by Gasteiger charge is -2.16. The number of hydrogen-bond acceptors (Lipinski definition) is 2. The first-order chi connectivity index (χ1) is 7.18. The van der Waals surface area contributed by atoms with E-state index in [1.54, 1.807) is 0 Å². The number of aliphatic hydroxyl groups is 1. The van der Waals surface area contributed by atoms with Gasteiger partial charge in [0.2, 0.25) is 0 Å². The molecule has 1 aromatic carbocycles. The largest absolute Gasteiger partial charge is 0.392 e. The summed E-state index contributed by atoms with van der Waals surface area (Å²) in [5, 5.41) is 9.81. The third kappa shape index (κ3) is 2.37. The molecule has 0 saturated carbocycles. The molecule has 15 heavy (non-hydrogen) atoms. The van der Waals surface area contributed by atoms with Crippen LogP contribution in [0.25, 0.3) is 0 Å². The molecule has 0 amide bonds. The molecule has 1 aliphatic heterocycles. The average Bonchev–Trinajstić information content (AvgIpc) is 2.58. The Kier molecular flexibility index (Phi) is 3.37. The Hall–Kier alpha value is -0.470. The Labute approximate surface area is 95.9 Å². The van der Waals surface area contributed by atoms with Crippen molar-refractivity contribution in [3.8, 4) is 0 Å². The summed E-state index contributed by atoms with van der Waals surface area (Å²) in [6.07, 6.45) is 0.932. The van der Waals surface area contributed by atoms with E-state index in [1.165, 1.54) is 16.7 Å². The maximum Gasteiger partial charge on any atom is 0.0669 e. The van der Waals surface area contributed by atoms with Gasteiger partial charge in [0.15, 0.2) is 0 Å². The molecule has 1 aliphatic rings. The maximum absolute atomic E-state index is 9.81. The van der Waals surface area contributed by atoms with Crippen LogP contribution in [0.3, 0.4) is 0 Å². The first kappa shape index (κ1) is 11.0. The molecule has 2 rings (SSSR count). The van der Waals surface area contributed by atoms with Crippen LogP contribution in [0.15, 0.2) is 18.2 Å². The summed E-state index contributed by atoms with van der Waals surface area (Å²) in [5.74, 6) is 2.47. The quantitative estimate of drug-likeness (QED) is 0.830. The van der Waals surface area contributed by atoms with Crippen molar-refractivity contribution in [2.24, 2.45) is 5.92 Å². The van der Waals surface area contributed by atoms with Gasteiger partial charge in [0, 0.05) is 5.75 Å². The van der Waals surface area contributed by atoms with E-state index in [9.17, 15) is 5.11 Å². The number of hydrogen-bond donors (Lipinski definition) is 1. The molecular formula is C13H18OS. The minimum Gasteiger partial charge on any atom is -0.392 e. The molecule has 0 radical (unpaired) electrons. The minimum atomic E-state index is -0.103. The van der Waals surface area contributed by atoms with Crippen molar-refractivity contribution in [3.63, 3.8) is 0 Å². The molecule has 1 saturated heterocycles. The number of aryl methyl sites for hydroxylation is 2. The van der Waals surface area contributed by atoms with Gasteiger partial charge < -0.3 is 5.11 Å². The summed E-state index contributed by atoms with van der Waals surface area (Å²) in [6.45, 7) is 4.33. The highest BCUT2D eigenvalue weighted by molar-refractivity contribution is 7.99. The Bertz CT molecular complexity index is 328. The number of benzene rings is 1. The fraction of sp³-hybridized carbons (Fsp3) is 0.538. The third-order valence-corrected chi connectivity index (χ3v) is 4.52. The maximum atomic E-state index is 9.81. The lowest BCUT2D eigenvalue weighted by Crippen LogP contribution is -2.20. The zero-order valence-electron chi connectivity index (χ0n) is 9.36. The van der Waals surface area contributed by atoms with Crippen molar-refractivity contribution in [2.45, 2.75) is 26.4 Å². The summed E-state index contributed by atoms with van der Waals surface area (Å²) in [4.78, 5) is 0. The van der Waals surface area contributed by atoms with E-state index in [1.807, 2.05) is 11.8 Å². The van der Waals surface area contributed by atoms with Crippen LogP contribution < -0.4 is 0 Å². The summed E-state index contributed by atoms with van der Waals surface area (Å²) in [6, 6.07) is 6.43. The van der Waals surface area contributed by atoms with Gasteiger partial charge in [-0.05, 0) is 48.6 Å². The summed E-state index contributed by atoms with van der Waals surface area (Å²) >= 11 is 1.87. The fourth-order valence-electron chi connectivity index (χ4n) is 2.22. The number of aliphatic hydroxyl groups excluding tert-OH is 1. The first-order valence-corrected chi connectivity index (χ1v) is 6.65. The van der Waals surface area contributed by atoms with Gasteiger partial charge >= 0.3 is 0 Å². The first-order valence-electron chi connectivity index (χ1n) is 5.49. The number of rotatable bonds is 2. The molecule has 0 bridgehead atoms. The van der Waals surface area contributed by atoms with Crippen LogP contribution in [0.4, 0.5) is 0 Å². The molecule has 0 aliphatic carbocycles. The Balaban J connectivity index is 2.16. The molecule has 1 aromatic rings. The van der Waals surface area contributed by atoms with E-state index < -0.39 is 0 Å². The second kappa shape index (κ2) is 4.58. The van der Waals surface area contributed by atoms with Gasteiger partial charge in [-0.2, -0.15) is 11.8 Å². The van der Waals surface area contributed by atoms with Gasteiger partial charge in [-0.3, -0.25) is 0 Å². The topological polar surface area (TPSA) is 20.2 Å². The van der Waals surface area contributed by atoms with E-state index >= 15 is 0 Å². The molecule has 2 unspecified atom stereocenters. The number of thioether (sulfide) groups is 1. The highest BCUT2D eigenvalue weighted by Gasteiger charge is 2.26. The smallest absolute Gasteiger partial charge is 0.0669 e. The van der Waals surface area contributed by atoms with Gasteiger partial charge in [-0.25, -0.2) is 0 Å². The summed E-state index contributed by atoms with van der Waals surface area (Å²) in [7, 11) is 0.